The van der Waals surface area contributed by atoms with Gasteiger partial charge in [0.1, 0.15) is 6.61 Å². The fourth-order valence-electron chi connectivity index (χ4n) is 2.82. The van der Waals surface area contributed by atoms with E-state index < -0.39 is 0 Å². The highest BCUT2D eigenvalue weighted by Crippen LogP contribution is 2.04. The van der Waals surface area contributed by atoms with Gasteiger partial charge in [-0.15, -0.1) is 0 Å². The number of carbonyl (C=O) groups is 1. The summed E-state index contributed by atoms with van der Waals surface area (Å²) in [6.07, 6.45) is 7.68. The zero-order valence-corrected chi connectivity index (χ0v) is 19.8. The van der Waals surface area contributed by atoms with Crippen LogP contribution in [0.2, 0.25) is 0 Å². The molecular weight excluding hydrogens is 412 g/mol. The second-order valence-corrected chi connectivity index (χ2v) is 7.33. The minimum absolute atomic E-state index is 0.223. The SMILES string of the molecule is CCCCCCCCOCCOCCOCCOCCOCCOC(=O)c1ccccc1. The highest BCUT2D eigenvalue weighted by molar-refractivity contribution is 5.89. The van der Waals surface area contributed by atoms with E-state index in [-0.39, 0.29) is 12.6 Å². The predicted molar refractivity (Wildman–Crippen MR) is 124 cm³/mol. The Labute approximate surface area is 193 Å². The Morgan fingerprint density at radius 1 is 0.562 bits per heavy atom. The molecule has 0 saturated carbocycles. The van der Waals surface area contributed by atoms with Crippen LogP contribution in [0.4, 0.5) is 0 Å². The zero-order chi connectivity index (χ0) is 23.0. The van der Waals surface area contributed by atoms with E-state index in [1.54, 1.807) is 24.3 Å². The second kappa shape index (κ2) is 22.7. The first kappa shape index (κ1) is 28.5. The standard InChI is InChI=1S/C25H42O7/c1-2-3-4-5-6-10-13-27-14-15-28-16-17-29-18-19-30-20-21-31-22-23-32-25(26)24-11-8-7-9-12-24/h7-9,11-12H,2-6,10,13-23H2,1H3. The van der Waals surface area contributed by atoms with Crippen LogP contribution >= 0.6 is 0 Å². The molecule has 0 saturated heterocycles. The van der Waals surface area contributed by atoms with Crippen LogP contribution in [0.1, 0.15) is 55.8 Å². The Morgan fingerprint density at radius 2 is 1.00 bits per heavy atom. The number of hydrogen-bond acceptors (Lipinski definition) is 7. The van der Waals surface area contributed by atoms with Crippen molar-refractivity contribution in [3.8, 4) is 0 Å². The number of benzene rings is 1. The molecule has 0 fully saturated rings. The monoisotopic (exact) mass is 454 g/mol. The molecule has 0 heterocycles. The molecule has 7 heteroatoms. The van der Waals surface area contributed by atoms with Crippen molar-refractivity contribution in [1.29, 1.82) is 0 Å². The van der Waals surface area contributed by atoms with E-state index in [0.717, 1.165) is 13.0 Å². The molecule has 0 N–H and O–H groups in total. The van der Waals surface area contributed by atoms with Gasteiger partial charge in [0.05, 0.1) is 65.0 Å². The summed E-state index contributed by atoms with van der Waals surface area (Å²) in [4.78, 5) is 11.7. The Morgan fingerprint density at radius 3 is 1.53 bits per heavy atom. The zero-order valence-electron chi connectivity index (χ0n) is 19.8. The van der Waals surface area contributed by atoms with Crippen molar-refractivity contribution >= 4 is 5.97 Å². The first-order chi connectivity index (χ1) is 15.8. The maximum atomic E-state index is 11.7. The summed E-state index contributed by atoms with van der Waals surface area (Å²) in [5.74, 6) is -0.340. The van der Waals surface area contributed by atoms with Gasteiger partial charge in [-0.3, -0.25) is 0 Å². The molecule has 0 aromatic heterocycles. The first-order valence-corrected chi connectivity index (χ1v) is 12.0. The Kier molecular flexibility index (Phi) is 20.2. The van der Waals surface area contributed by atoms with E-state index in [1.807, 2.05) is 6.07 Å². The van der Waals surface area contributed by atoms with Gasteiger partial charge in [0.25, 0.3) is 0 Å². The van der Waals surface area contributed by atoms with Gasteiger partial charge in [-0.1, -0.05) is 57.2 Å². The predicted octanol–water partition coefficient (Wildman–Crippen LogP) is 4.29. The number of carbonyl (C=O) groups excluding carboxylic acids is 1. The van der Waals surface area contributed by atoms with Gasteiger partial charge in [0.15, 0.2) is 0 Å². The number of ether oxygens (including phenoxy) is 6. The Bertz CT molecular complexity index is 524. The largest absolute Gasteiger partial charge is 0.460 e. The fourth-order valence-corrected chi connectivity index (χ4v) is 2.82. The van der Waals surface area contributed by atoms with E-state index in [4.69, 9.17) is 28.4 Å². The van der Waals surface area contributed by atoms with E-state index in [9.17, 15) is 4.79 Å². The molecule has 7 nitrogen and oxygen atoms in total. The minimum Gasteiger partial charge on any atom is -0.460 e. The van der Waals surface area contributed by atoms with Crippen LogP contribution in [0.15, 0.2) is 30.3 Å². The van der Waals surface area contributed by atoms with Crippen molar-refractivity contribution in [2.24, 2.45) is 0 Å². The maximum Gasteiger partial charge on any atom is 0.338 e. The molecule has 1 aromatic rings. The quantitative estimate of drug-likeness (QED) is 0.180. The van der Waals surface area contributed by atoms with Crippen molar-refractivity contribution in [3.63, 3.8) is 0 Å². The van der Waals surface area contributed by atoms with E-state index in [0.29, 0.717) is 65.0 Å². The molecule has 0 bridgehead atoms. The lowest BCUT2D eigenvalue weighted by Crippen LogP contribution is -2.15. The van der Waals surface area contributed by atoms with Gasteiger partial charge in [0, 0.05) is 6.61 Å². The molecule has 184 valence electrons. The number of unbranched alkanes of at least 4 members (excludes halogenated alkanes) is 5. The Balaban J connectivity index is 1.70. The maximum absolute atomic E-state index is 11.7. The normalized spacial score (nSPS) is 11.0. The lowest BCUT2D eigenvalue weighted by atomic mass is 10.1. The van der Waals surface area contributed by atoms with Gasteiger partial charge >= 0.3 is 5.97 Å². The molecule has 0 unspecified atom stereocenters. The molecule has 1 rings (SSSR count). The summed E-state index contributed by atoms with van der Waals surface area (Å²) in [5, 5.41) is 0. The summed E-state index contributed by atoms with van der Waals surface area (Å²) < 4.78 is 32.4. The van der Waals surface area contributed by atoms with Gasteiger partial charge < -0.3 is 28.4 Å². The van der Waals surface area contributed by atoms with Crippen molar-refractivity contribution in [2.45, 2.75) is 45.4 Å². The third kappa shape index (κ3) is 18.1. The summed E-state index contributed by atoms with van der Waals surface area (Å²) in [5.41, 5.74) is 0.540. The van der Waals surface area contributed by atoms with Crippen LogP contribution in [0.3, 0.4) is 0 Å². The molecule has 1 aromatic carbocycles. The van der Waals surface area contributed by atoms with Crippen LogP contribution < -0.4 is 0 Å². The summed E-state index contributed by atoms with van der Waals surface area (Å²) in [6, 6.07) is 8.90. The number of esters is 1. The van der Waals surface area contributed by atoms with Gasteiger partial charge in [-0.25, -0.2) is 4.79 Å². The minimum atomic E-state index is -0.340. The lowest BCUT2D eigenvalue weighted by molar-refractivity contribution is -0.0153. The van der Waals surface area contributed by atoms with E-state index >= 15 is 0 Å². The Hall–Kier alpha value is -1.51. The fraction of sp³-hybridized carbons (Fsp3) is 0.720. The van der Waals surface area contributed by atoms with Crippen LogP contribution in [0.5, 0.6) is 0 Å². The molecule has 0 amide bonds. The van der Waals surface area contributed by atoms with Crippen LogP contribution in [-0.2, 0) is 28.4 Å². The number of rotatable bonds is 23. The third-order valence-electron chi connectivity index (χ3n) is 4.60. The van der Waals surface area contributed by atoms with Crippen LogP contribution in [0.25, 0.3) is 0 Å². The lowest BCUT2D eigenvalue weighted by Gasteiger charge is -2.08. The molecular formula is C25H42O7. The van der Waals surface area contributed by atoms with Crippen LogP contribution in [-0.4, -0.2) is 78.6 Å². The average Bonchev–Trinajstić information content (AvgIpc) is 2.82. The first-order valence-electron chi connectivity index (χ1n) is 12.0. The highest BCUT2D eigenvalue weighted by Gasteiger charge is 2.04. The van der Waals surface area contributed by atoms with Gasteiger partial charge in [-0.05, 0) is 18.6 Å². The van der Waals surface area contributed by atoms with Crippen molar-refractivity contribution < 1.29 is 33.2 Å². The highest BCUT2D eigenvalue weighted by atomic mass is 16.6. The topological polar surface area (TPSA) is 72.5 Å². The average molecular weight is 455 g/mol. The molecule has 0 aliphatic carbocycles. The third-order valence-corrected chi connectivity index (χ3v) is 4.60. The van der Waals surface area contributed by atoms with Crippen molar-refractivity contribution in [3.05, 3.63) is 35.9 Å². The van der Waals surface area contributed by atoms with Gasteiger partial charge in [-0.2, -0.15) is 0 Å². The van der Waals surface area contributed by atoms with Crippen molar-refractivity contribution in [2.75, 3.05) is 72.7 Å². The van der Waals surface area contributed by atoms with Crippen molar-refractivity contribution in [1.82, 2.24) is 0 Å². The van der Waals surface area contributed by atoms with Gasteiger partial charge in [0.2, 0.25) is 0 Å². The second-order valence-electron chi connectivity index (χ2n) is 7.33. The summed E-state index contributed by atoms with van der Waals surface area (Å²) in [7, 11) is 0. The molecule has 32 heavy (non-hydrogen) atoms. The van der Waals surface area contributed by atoms with Crippen LogP contribution in [0, 0.1) is 0 Å². The van der Waals surface area contributed by atoms with E-state index in [2.05, 4.69) is 6.92 Å². The summed E-state index contributed by atoms with van der Waals surface area (Å²) in [6.45, 7) is 7.93. The molecule has 0 atom stereocenters. The number of hydrogen-bond donors (Lipinski definition) is 0. The molecule has 0 aliphatic rings. The molecule has 0 radical (unpaired) electrons. The van der Waals surface area contributed by atoms with E-state index in [1.165, 1.54) is 32.1 Å². The molecule has 0 spiro atoms. The molecule has 0 aliphatic heterocycles. The smallest absolute Gasteiger partial charge is 0.338 e. The summed E-state index contributed by atoms with van der Waals surface area (Å²) >= 11 is 0.